The van der Waals surface area contributed by atoms with Crippen molar-refractivity contribution in [3.8, 4) is 0 Å². The first kappa shape index (κ1) is 12.9. The average Bonchev–Trinajstić information content (AvgIpc) is 2.78. The molecule has 1 aromatic heterocycles. The lowest BCUT2D eigenvalue weighted by molar-refractivity contribution is 0.0988. The van der Waals surface area contributed by atoms with Crippen LogP contribution in [-0.4, -0.2) is 10.8 Å². The number of hydrogen-bond acceptors (Lipinski definition) is 4. The van der Waals surface area contributed by atoms with Gasteiger partial charge in [-0.3, -0.25) is 4.79 Å². The van der Waals surface area contributed by atoms with E-state index in [0.717, 1.165) is 16.1 Å². The van der Waals surface area contributed by atoms with E-state index in [1.165, 1.54) is 11.3 Å². The summed E-state index contributed by atoms with van der Waals surface area (Å²) in [4.78, 5) is 16.3. The number of thiazole rings is 1. The lowest BCUT2D eigenvalue weighted by Gasteiger charge is -2.01. The lowest BCUT2D eigenvalue weighted by Crippen LogP contribution is -2.07. The van der Waals surface area contributed by atoms with Gasteiger partial charge in [0, 0.05) is 11.8 Å². The van der Waals surface area contributed by atoms with Crippen LogP contribution in [0.5, 0.6) is 0 Å². The Morgan fingerprint density at radius 2 is 2.28 bits per heavy atom. The van der Waals surface area contributed by atoms with E-state index in [4.69, 9.17) is 5.73 Å². The monoisotopic (exact) mass is 260 g/mol. The first-order valence-corrected chi connectivity index (χ1v) is 6.74. The summed E-state index contributed by atoms with van der Waals surface area (Å²) >= 11 is 1.44. The first-order valence-electron chi connectivity index (χ1n) is 5.86. The topological polar surface area (TPSA) is 56.0 Å². The summed E-state index contributed by atoms with van der Waals surface area (Å²) in [6.07, 6.45) is 0.393. The van der Waals surface area contributed by atoms with Crippen molar-refractivity contribution in [2.75, 3.05) is 0 Å². The van der Waals surface area contributed by atoms with Gasteiger partial charge < -0.3 is 5.73 Å². The summed E-state index contributed by atoms with van der Waals surface area (Å²) in [7, 11) is 0. The molecule has 1 unspecified atom stereocenters. The van der Waals surface area contributed by atoms with Gasteiger partial charge in [-0.05, 0) is 19.4 Å². The van der Waals surface area contributed by atoms with Gasteiger partial charge in [-0.1, -0.05) is 29.8 Å². The lowest BCUT2D eigenvalue weighted by atomic mass is 10.1. The summed E-state index contributed by atoms with van der Waals surface area (Å²) < 4.78 is 0. The van der Waals surface area contributed by atoms with Crippen molar-refractivity contribution in [1.82, 2.24) is 4.98 Å². The van der Waals surface area contributed by atoms with Crippen molar-refractivity contribution in [3.05, 3.63) is 51.5 Å². The SMILES string of the molecule is Cc1cccc(CC(=O)c2csc(C(C)N)n2)c1. The Morgan fingerprint density at radius 3 is 2.89 bits per heavy atom. The van der Waals surface area contributed by atoms with Crippen LogP contribution in [0.15, 0.2) is 29.6 Å². The summed E-state index contributed by atoms with van der Waals surface area (Å²) in [5.41, 5.74) is 8.44. The van der Waals surface area contributed by atoms with Gasteiger partial charge in [0.15, 0.2) is 5.78 Å². The number of nitrogens with zero attached hydrogens (tertiary/aromatic N) is 1. The number of aromatic nitrogens is 1. The largest absolute Gasteiger partial charge is 0.322 e. The summed E-state index contributed by atoms with van der Waals surface area (Å²) in [5, 5.41) is 2.60. The Kier molecular flexibility index (Phi) is 3.89. The maximum atomic E-state index is 12.1. The average molecular weight is 260 g/mol. The maximum Gasteiger partial charge on any atom is 0.186 e. The molecule has 0 bridgehead atoms. The zero-order chi connectivity index (χ0) is 13.1. The Balaban J connectivity index is 2.12. The Labute approximate surface area is 111 Å². The quantitative estimate of drug-likeness (QED) is 0.860. The van der Waals surface area contributed by atoms with Gasteiger partial charge in [0.25, 0.3) is 0 Å². The van der Waals surface area contributed by atoms with Crippen LogP contribution in [0.4, 0.5) is 0 Å². The van der Waals surface area contributed by atoms with Crippen LogP contribution in [-0.2, 0) is 6.42 Å². The van der Waals surface area contributed by atoms with Crippen molar-refractivity contribution in [1.29, 1.82) is 0 Å². The smallest absolute Gasteiger partial charge is 0.186 e. The van der Waals surface area contributed by atoms with E-state index in [1.54, 1.807) is 5.38 Å². The Hall–Kier alpha value is -1.52. The molecular formula is C14H16N2OS. The van der Waals surface area contributed by atoms with Crippen LogP contribution in [0.25, 0.3) is 0 Å². The predicted molar refractivity (Wildman–Crippen MR) is 73.9 cm³/mol. The molecule has 0 aliphatic heterocycles. The van der Waals surface area contributed by atoms with Crippen molar-refractivity contribution in [2.45, 2.75) is 26.3 Å². The van der Waals surface area contributed by atoms with E-state index in [-0.39, 0.29) is 11.8 Å². The van der Waals surface area contributed by atoms with Gasteiger partial charge in [0.2, 0.25) is 0 Å². The van der Waals surface area contributed by atoms with Crippen LogP contribution in [0.3, 0.4) is 0 Å². The number of Topliss-reactive ketones (excluding diaryl/α,β-unsaturated/α-hetero) is 1. The van der Waals surface area contributed by atoms with Crippen molar-refractivity contribution in [3.63, 3.8) is 0 Å². The fraction of sp³-hybridized carbons (Fsp3) is 0.286. The minimum Gasteiger partial charge on any atom is -0.322 e. The summed E-state index contributed by atoms with van der Waals surface area (Å²) in [6.45, 7) is 3.89. The van der Waals surface area contributed by atoms with Crippen LogP contribution in [0, 0.1) is 6.92 Å². The number of rotatable bonds is 4. The predicted octanol–water partition coefficient (Wildman–Crippen LogP) is 2.90. The highest BCUT2D eigenvalue weighted by molar-refractivity contribution is 7.09. The van der Waals surface area contributed by atoms with Crippen LogP contribution in [0.1, 0.15) is 39.6 Å². The van der Waals surface area contributed by atoms with E-state index in [9.17, 15) is 4.79 Å². The van der Waals surface area contributed by atoms with Gasteiger partial charge in [-0.25, -0.2) is 4.98 Å². The maximum absolute atomic E-state index is 12.1. The molecule has 0 saturated carbocycles. The number of aryl methyl sites for hydroxylation is 1. The van der Waals surface area contributed by atoms with Gasteiger partial charge in [-0.2, -0.15) is 0 Å². The summed E-state index contributed by atoms with van der Waals surface area (Å²) in [6, 6.07) is 7.85. The molecule has 1 aromatic carbocycles. The molecule has 0 amide bonds. The molecule has 94 valence electrons. The van der Waals surface area contributed by atoms with E-state index < -0.39 is 0 Å². The van der Waals surface area contributed by atoms with Gasteiger partial charge >= 0.3 is 0 Å². The van der Waals surface area contributed by atoms with Gasteiger partial charge in [-0.15, -0.1) is 11.3 Å². The fourth-order valence-corrected chi connectivity index (χ4v) is 2.51. The molecule has 2 N–H and O–H groups in total. The molecule has 18 heavy (non-hydrogen) atoms. The Morgan fingerprint density at radius 1 is 1.50 bits per heavy atom. The highest BCUT2D eigenvalue weighted by atomic mass is 32.1. The molecule has 1 atom stereocenters. The number of hydrogen-bond donors (Lipinski definition) is 1. The number of benzene rings is 1. The minimum absolute atomic E-state index is 0.0451. The molecule has 2 aromatic rings. The van der Waals surface area contributed by atoms with Crippen LogP contribution in [0.2, 0.25) is 0 Å². The zero-order valence-corrected chi connectivity index (χ0v) is 11.3. The second-order valence-corrected chi connectivity index (χ2v) is 5.34. The zero-order valence-electron chi connectivity index (χ0n) is 10.5. The van der Waals surface area contributed by atoms with Gasteiger partial charge in [0.1, 0.15) is 10.7 Å². The number of carbonyl (C=O) groups is 1. The van der Waals surface area contributed by atoms with Crippen molar-refractivity contribution in [2.24, 2.45) is 5.73 Å². The number of ketones is 1. The van der Waals surface area contributed by atoms with Crippen LogP contribution >= 0.6 is 11.3 Å². The summed E-state index contributed by atoms with van der Waals surface area (Å²) in [5.74, 6) is 0.0451. The van der Waals surface area contributed by atoms with Crippen molar-refractivity contribution < 1.29 is 4.79 Å². The Bertz CT molecular complexity index is 560. The molecule has 1 heterocycles. The number of nitrogens with two attached hydrogens (primary N) is 1. The minimum atomic E-state index is -0.115. The first-order chi connectivity index (χ1) is 8.56. The molecule has 0 fully saturated rings. The third kappa shape index (κ3) is 3.03. The third-order valence-corrected chi connectivity index (χ3v) is 3.69. The van der Waals surface area contributed by atoms with Gasteiger partial charge in [0.05, 0.1) is 6.04 Å². The number of carbonyl (C=O) groups excluding carboxylic acids is 1. The molecule has 0 spiro atoms. The van der Waals surface area contributed by atoms with E-state index in [1.807, 2.05) is 38.1 Å². The molecule has 0 saturated heterocycles. The van der Waals surface area contributed by atoms with E-state index in [2.05, 4.69) is 4.98 Å². The molecule has 0 aliphatic carbocycles. The molecule has 2 rings (SSSR count). The van der Waals surface area contributed by atoms with E-state index in [0.29, 0.717) is 12.1 Å². The highest BCUT2D eigenvalue weighted by Gasteiger charge is 2.13. The standard InChI is InChI=1S/C14H16N2OS/c1-9-4-3-5-11(6-9)7-13(17)12-8-18-14(16-12)10(2)15/h3-6,8,10H,7,15H2,1-2H3. The third-order valence-electron chi connectivity index (χ3n) is 2.64. The van der Waals surface area contributed by atoms with Crippen molar-refractivity contribution >= 4 is 17.1 Å². The second kappa shape index (κ2) is 5.42. The highest BCUT2D eigenvalue weighted by Crippen LogP contribution is 2.17. The molecule has 0 aliphatic rings. The van der Waals surface area contributed by atoms with Crippen LogP contribution < -0.4 is 5.73 Å². The molecule has 3 nitrogen and oxygen atoms in total. The second-order valence-electron chi connectivity index (χ2n) is 4.45. The fourth-order valence-electron chi connectivity index (χ4n) is 1.72. The molecule has 4 heteroatoms. The molecular weight excluding hydrogens is 244 g/mol. The normalized spacial score (nSPS) is 12.4. The van der Waals surface area contributed by atoms with E-state index >= 15 is 0 Å². The molecule has 0 radical (unpaired) electrons.